The number of aryl methyl sites for hydroxylation is 1. The van der Waals surface area contributed by atoms with E-state index in [-0.39, 0.29) is 0 Å². The Bertz CT molecular complexity index is 164. The van der Waals surface area contributed by atoms with E-state index in [1.807, 2.05) is 25.1 Å². The highest BCUT2D eigenvalue weighted by atomic mass is 14.5. The van der Waals surface area contributed by atoms with Crippen molar-refractivity contribution in [3.8, 4) is 0 Å². The number of rotatable bonds is 0. The summed E-state index contributed by atoms with van der Waals surface area (Å²) in [6, 6.07) is 7.47. The Balaban J connectivity index is 3.08. The minimum absolute atomic E-state index is 0.588. The number of benzene rings is 1. The molecule has 41 valence electrons. The smallest absolute Gasteiger partial charge is 0.0542 e. The van der Waals surface area contributed by atoms with Crippen molar-refractivity contribution in [1.82, 2.24) is 5.73 Å². The largest absolute Gasteiger partial charge is 0.301 e. The lowest BCUT2D eigenvalue weighted by molar-refractivity contribution is 1.41. The summed E-state index contributed by atoms with van der Waals surface area (Å²) in [7, 11) is 0. The zero-order chi connectivity index (χ0) is 5.98. The van der Waals surface area contributed by atoms with Crippen LogP contribution in [-0.4, -0.2) is 0 Å². The molecule has 0 atom stereocenters. The molecule has 0 spiro atoms. The van der Waals surface area contributed by atoms with Crippen molar-refractivity contribution in [2.45, 2.75) is 6.92 Å². The van der Waals surface area contributed by atoms with Crippen LogP contribution in [0.3, 0.4) is 0 Å². The van der Waals surface area contributed by atoms with Gasteiger partial charge < -0.3 is 5.73 Å². The van der Waals surface area contributed by atoms with E-state index in [2.05, 4.69) is 0 Å². The van der Waals surface area contributed by atoms with Crippen molar-refractivity contribution >= 4 is 5.69 Å². The molecule has 0 unspecified atom stereocenters. The summed E-state index contributed by atoms with van der Waals surface area (Å²) in [6.45, 7) is 1.98. The molecule has 1 heteroatoms. The average Bonchev–Trinajstić information content (AvgIpc) is 1.64. The predicted octanol–water partition coefficient (Wildman–Crippen LogP) is 1.91. The lowest BCUT2D eigenvalue weighted by Crippen LogP contribution is -1.70. The number of hydrogen-bond donors (Lipinski definition) is 0. The quantitative estimate of drug-likeness (QED) is 0.482. The van der Waals surface area contributed by atoms with Crippen LogP contribution in [0.4, 0.5) is 5.69 Å². The van der Waals surface area contributed by atoms with Crippen molar-refractivity contribution in [3.05, 3.63) is 29.8 Å². The molecule has 0 aliphatic carbocycles. The van der Waals surface area contributed by atoms with Gasteiger partial charge in [-0.2, -0.15) is 0 Å². The van der Waals surface area contributed by atoms with Gasteiger partial charge >= 0.3 is 0 Å². The monoisotopic (exact) mass is 106 g/mol. The molecule has 1 aromatic carbocycles. The van der Waals surface area contributed by atoms with E-state index in [0.717, 1.165) is 5.56 Å². The summed E-state index contributed by atoms with van der Waals surface area (Å²) in [4.78, 5) is 0. The second kappa shape index (κ2) is 1.86. The maximum Gasteiger partial charge on any atom is 0.0542 e. The molecule has 0 aliphatic rings. The third-order valence-corrected chi connectivity index (χ3v) is 1.02. The summed E-state index contributed by atoms with van der Waals surface area (Å²) >= 11 is 0. The first-order valence-electron chi connectivity index (χ1n) is 2.57. The fraction of sp³-hybridized carbons (Fsp3) is 0.143. The number of nitrogens with one attached hydrogen (secondary N) is 1. The van der Waals surface area contributed by atoms with Gasteiger partial charge in [0.25, 0.3) is 0 Å². The van der Waals surface area contributed by atoms with Gasteiger partial charge in [-0.25, -0.2) is 0 Å². The van der Waals surface area contributed by atoms with Gasteiger partial charge in [0, 0.05) is 0 Å². The topological polar surface area (TPSA) is 23.8 Å². The third-order valence-electron chi connectivity index (χ3n) is 1.02. The van der Waals surface area contributed by atoms with E-state index in [1.165, 1.54) is 0 Å². The Hall–Kier alpha value is -0.980. The molecule has 0 bridgehead atoms. The van der Waals surface area contributed by atoms with Crippen LogP contribution >= 0.6 is 0 Å². The van der Waals surface area contributed by atoms with Crippen molar-refractivity contribution in [2.75, 3.05) is 0 Å². The van der Waals surface area contributed by atoms with E-state index in [9.17, 15) is 0 Å². The molecule has 1 N–H and O–H groups in total. The van der Waals surface area contributed by atoms with Crippen molar-refractivity contribution in [2.24, 2.45) is 0 Å². The third kappa shape index (κ3) is 0.997. The molecular weight excluding hydrogens is 98.1 g/mol. The maximum atomic E-state index is 7.14. The summed E-state index contributed by atoms with van der Waals surface area (Å²) in [6.07, 6.45) is 0. The molecule has 0 saturated carbocycles. The SMILES string of the molecule is Cc1cccc([NH])c1. The van der Waals surface area contributed by atoms with Gasteiger partial charge in [-0.1, -0.05) is 12.1 Å². The minimum Gasteiger partial charge on any atom is -0.301 e. The molecule has 1 rings (SSSR count). The van der Waals surface area contributed by atoms with Gasteiger partial charge in [0.05, 0.1) is 5.69 Å². The predicted molar refractivity (Wildman–Crippen MR) is 33.9 cm³/mol. The van der Waals surface area contributed by atoms with Crippen LogP contribution in [0.15, 0.2) is 24.3 Å². The highest BCUT2D eigenvalue weighted by Gasteiger charge is 1.82. The van der Waals surface area contributed by atoms with Crippen LogP contribution in [-0.2, 0) is 0 Å². The summed E-state index contributed by atoms with van der Waals surface area (Å²) in [5.74, 6) is 0. The van der Waals surface area contributed by atoms with Gasteiger partial charge in [-0.05, 0) is 24.6 Å². The molecule has 8 heavy (non-hydrogen) atoms. The Kier molecular flexibility index (Phi) is 1.20. The van der Waals surface area contributed by atoms with E-state index < -0.39 is 0 Å². The molecule has 1 aromatic rings. The number of hydrogen-bond acceptors (Lipinski definition) is 0. The highest BCUT2D eigenvalue weighted by molar-refractivity contribution is 5.36. The normalized spacial score (nSPS) is 9.12. The zero-order valence-electron chi connectivity index (χ0n) is 4.81. The molecule has 0 saturated heterocycles. The Morgan fingerprint density at radius 3 is 2.50 bits per heavy atom. The van der Waals surface area contributed by atoms with Crippen molar-refractivity contribution in [3.63, 3.8) is 0 Å². The first kappa shape index (κ1) is 5.16. The lowest BCUT2D eigenvalue weighted by atomic mass is 10.2. The lowest BCUT2D eigenvalue weighted by Gasteiger charge is -1.89. The maximum absolute atomic E-state index is 7.14. The molecular formula is C7H8N. The fourth-order valence-electron chi connectivity index (χ4n) is 0.645. The van der Waals surface area contributed by atoms with E-state index in [4.69, 9.17) is 5.73 Å². The van der Waals surface area contributed by atoms with Crippen LogP contribution in [0, 0.1) is 6.92 Å². The summed E-state index contributed by atoms with van der Waals surface area (Å²) < 4.78 is 0. The van der Waals surface area contributed by atoms with Gasteiger partial charge in [-0.15, -0.1) is 0 Å². The molecule has 0 fully saturated rings. The van der Waals surface area contributed by atoms with E-state index >= 15 is 0 Å². The fourth-order valence-corrected chi connectivity index (χ4v) is 0.645. The molecule has 0 amide bonds. The Morgan fingerprint density at radius 2 is 2.12 bits per heavy atom. The second-order valence-corrected chi connectivity index (χ2v) is 1.87. The van der Waals surface area contributed by atoms with Crippen LogP contribution in [0.1, 0.15) is 5.56 Å². The first-order valence-corrected chi connectivity index (χ1v) is 2.57. The Morgan fingerprint density at radius 1 is 1.38 bits per heavy atom. The molecule has 0 heterocycles. The summed E-state index contributed by atoms with van der Waals surface area (Å²) in [5.41, 5.74) is 8.87. The van der Waals surface area contributed by atoms with Crippen molar-refractivity contribution < 1.29 is 0 Å². The van der Waals surface area contributed by atoms with Crippen LogP contribution in [0.2, 0.25) is 0 Å². The average molecular weight is 106 g/mol. The van der Waals surface area contributed by atoms with Gasteiger partial charge in [0.15, 0.2) is 0 Å². The highest BCUT2D eigenvalue weighted by Crippen LogP contribution is 2.04. The van der Waals surface area contributed by atoms with Crippen LogP contribution in [0.25, 0.3) is 0 Å². The molecule has 0 aliphatic heterocycles. The zero-order valence-corrected chi connectivity index (χ0v) is 4.81. The van der Waals surface area contributed by atoms with Gasteiger partial charge in [-0.3, -0.25) is 0 Å². The molecule has 1 nitrogen and oxygen atoms in total. The Labute approximate surface area is 49.1 Å². The van der Waals surface area contributed by atoms with Crippen LogP contribution in [0.5, 0.6) is 0 Å². The van der Waals surface area contributed by atoms with Crippen molar-refractivity contribution in [1.29, 1.82) is 0 Å². The molecule has 0 aromatic heterocycles. The van der Waals surface area contributed by atoms with Crippen LogP contribution < -0.4 is 5.73 Å². The second-order valence-electron chi connectivity index (χ2n) is 1.87. The summed E-state index contributed by atoms with van der Waals surface area (Å²) in [5, 5.41) is 0. The van der Waals surface area contributed by atoms with E-state index in [1.54, 1.807) is 6.07 Å². The first-order chi connectivity index (χ1) is 3.79. The molecule has 1 radical (unpaired) electrons. The van der Waals surface area contributed by atoms with Gasteiger partial charge in [0.2, 0.25) is 0 Å². The van der Waals surface area contributed by atoms with E-state index in [0.29, 0.717) is 5.69 Å². The minimum atomic E-state index is 0.588. The standard InChI is InChI=1S/C7H8N/c1-6-3-2-4-7(8)5-6/h2-5,8H,1H3. The van der Waals surface area contributed by atoms with Gasteiger partial charge in [0.1, 0.15) is 0 Å².